The van der Waals surface area contributed by atoms with Crippen LogP contribution in [0.15, 0.2) is 29.3 Å². The highest BCUT2D eigenvalue weighted by molar-refractivity contribution is 7.80. The summed E-state index contributed by atoms with van der Waals surface area (Å²) in [6.07, 6.45) is -4.64. The van der Waals surface area contributed by atoms with Crippen molar-refractivity contribution in [3.8, 4) is 5.88 Å². The van der Waals surface area contributed by atoms with Gasteiger partial charge in [-0.1, -0.05) is 35.4 Å². The van der Waals surface area contributed by atoms with Crippen LogP contribution in [0.2, 0.25) is 10.0 Å². The van der Waals surface area contributed by atoms with Crippen molar-refractivity contribution in [1.29, 1.82) is 0 Å². The Hall–Kier alpha value is -1.90. The lowest BCUT2D eigenvalue weighted by atomic mass is 10.0. The van der Waals surface area contributed by atoms with Crippen molar-refractivity contribution in [3.05, 3.63) is 51.1 Å². The van der Waals surface area contributed by atoms with Gasteiger partial charge in [0, 0.05) is 17.3 Å². The first kappa shape index (κ1) is 19.9. The Morgan fingerprint density at radius 2 is 1.89 bits per heavy atom. The molecule has 0 amide bonds. The second-order valence-corrected chi connectivity index (χ2v) is 6.90. The summed E-state index contributed by atoms with van der Waals surface area (Å²) in [7, 11) is 1.41. The summed E-state index contributed by atoms with van der Waals surface area (Å²) in [6.45, 7) is 1.70. The van der Waals surface area contributed by atoms with Gasteiger partial charge in [-0.3, -0.25) is 4.99 Å². The molecular formula is C17H12Cl2F3N3OS. The van der Waals surface area contributed by atoms with Crippen LogP contribution in [-0.2, 0) is 6.18 Å². The van der Waals surface area contributed by atoms with Crippen LogP contribution in [-0.4, -0.2) is 28.8 Å². The quantitative estimate of drug-likeness (QED) is 0.644. The molecular weight excluding hydrogens is 422 g/mol. The van der Waals surface area contributed by atoms with Crippen LogP contribution >= 0.6 is 35.4 Å². The number of ether oxygens (including phenoxy) is 1. The number of hydrogen-bond acceptors (Lipinski definition) is 4. The highest BCUT2D eigenvalue weighted by atomic mass is 35.5. The first-order chi connectivity index (χ1) is 12.6. The molecule has 0 radical (unpaired) electrons. The number of benzodiazepines with no additional fused rings is 1. The van der Waals surface area contributed by atoms with E-state index in [2.05, 4.69) is 15.3 Å². The van der Waals surface area contributed by atoms with E-state index in [-0.39, 0.29) is 27.9 Å². The van der Waals surface area contributed by atoms with Crippen LogP contribution in [0.4, 0.5) is 18.9 Å². The number of rotatable bonds is 2. The molecule has 0 saturated carbocycles. The van der Waals surface area contributed by atoms with Crippen molar-refractivity contribution in [3.63, 3.8) is 0 Å². The molecule has 0 saturated heterocycles. The largest absolute Gasteiger partial charge is 0.481 e. The van der Waals surface area contributed by atoms with Crippen molar-refractivity contribution in [1.82, 2.24) is 4.98 Å². The SMILES string of the molecule is COc1ccc(Cl)c(C2=N[C@@H](C)C(=S)Nc3ccc(C(F)(F)F)c(Cl)c32)n1. The first-order valence-corrected chi connectivity index (χ1v) is 8.79. The van der Waals surface area contributed by atoms with Crippen LogP contribution in [0, 0.1) is 0 Å². The van der Waals surface area contributed by atoms with Crippen molar-refractivity contribution in [2.75, 3.05) is 12.4 Å². The summed E-state index contributed by atoms with van der Waals surface area (Å²) in [5, 5.41) is 2.58. The molecule has 0 spiro atoms. The zero-order chi connectivity index (χ0) is 19.9. The van der Waals surface area contributed by atoms with Crippen LogP contribution in [0.3, 0.4) is 0 Å². The van der Waals surface area contributed by atoms with Gasteiger partial charge >= 0.3 is 6.18 Å². The fourth-order valence-electron chi connectivity index (χ4n) is 2.57. The molecule has 0 bridgehead atoms. The summed E-state index contributed by atoms with van der Waals surface area (Å²) >= 11 is 17.7. The molecule has 4 nitrogen and oxygen atoms in total. The van der Waals surface area contributed by atoms with Gasteiger partial charge in [0.1, 0.15) is 10.7 Å². The van der Waals surface area contributed by atoms with Crippen molar-refractivity contribution in [2.45, 2.75) is 19.1 Å². The van der Waals surface area contributed by atoms with E-state index < -0.39 is 22.8 Å². The fourth-order valence-corrected chi connectivity index (χ4v) is 3.29. The number of hydrogen-bond donors (Lipinski definition) is 1. The highest BCUT2D eigenvalue weighted by Gasteiger charge is 2.37. The van der Waals surface area contributed by atoms with Gasteiger partial charge in [0.25, 0.3) is 0 Å². The molecule has 1 N–H and O–H groups in total. The lowest BCUT2D eigenvalue weighted by molar-refractivity contribution is -0.137. The van der Waals surface area contributed by atoms with E-state index in [1.165, 1.54) is 25.3 Å². The number of pyridine rings is 1. The van der Waals surface area contributed by atoms with Crippen LogP contribution in [0.25, 0.3) is 0 Å². The molecule has 10 heteroatoms. The van der Waals surface area contributed by atoms with Crippen molar-refractivity contribution < 1.29 is 17.9 Å². The Labute approximate surface area is 168 Å². The predicted octanol–water partition coefficient (Wildman–Crippen LogP) is 5.39. The summed E-state index contributed by atoms with van der Waals surface area (Å²) < 4.78 is 45.2. The lowest BCUT2D eigenvalue weighted by Crippen LogP contribution is -2.20. The molecule has 1 aromatic heterocycles. The van der Waals surface area contributed by atoms with Gasteiger partial charge in [-0.2, -0.15) is 13.2 Å². The van der Waals surface area contributed by atoms with Crippen LogP contribution in [0.5, 0.6) is 5.88 Å². The average molecular weight is 434 g/mol. The zero-order valence-electron chi connectivity index (χ0n) is 14.0. The average Bonchev–Trinajstić information content (AvgIpc) is 2.71. The van der Waals surface area contributed by atoms with E-state index in [1.54, 1.807) is 6.92 Å². The van der Waals surface area contributed by atoms with E-state index in [9.17, 15) is 13.2 Å². The number of nitrogens with zero attached hydrogens (tertiary/aromatic N) is 2. The maximum atomic E-state index is 13.4. The number of benzene rings is 1. The van der Waals surface area contributed by atoms with Crippen molar-refractivity contribution >= 4 is 51.8 Å². The van der Waals surface area contributed by atoms with Gasteiger partial charge < -0.3 is 10.1 Å². The van der Waals surface area contributed by atoms with Crippen LogP contribution in [0.1, 0.15) is 23.7 Å². The smallest absolute Gasteiger partial charge is 0.417 e. The number of anilines is 1. The van der Waals surface area contributed by atoms with Crippen molar-refractivity contribution in [2.24, 2.45) is 4.99 Å². The molecule has 2 heterocycles. The van der Waals surface area contributed by atoms with Crippen LogP contribution < -0.4 is 10.1 Å². The number of aliphatic imine (C=N–C) groups is 1. The van der Waals surface area contributed by atoms with E-state index in [1.807, 2.05) is 0 Å². The van der Waals surface area contributed by atoms with Gasteiger partial charge in [-0.05, 0) is 25.1 Å². The molecule has 142 valence electrons. The molecule has 2 aromatic rings. The predicted molar refractivity (Wildman–Crippen MR) is 104 cm³/mol. The normalized spacial score (nSPS) is 16.9. The highest BCUT2D eigenvalue weighted by Crippen LogP contribution is 2.41. The second kappa shape index (κ2) is 7.26. The molecule has 0 aliphatic carbocycles. The maximum Gasteiger partial charge on any atom is 0.417 e. The van der Waals surface area contributed by atoms with E-state index >= 15 is 0 Å². The maximum absolute atomic E-state index is 13.4. The molecule has 1 atom stereocenters. The summed E-state index contributed by atoms with van der Waals surface area (Å²) in [5.41, 5.74) is -0.416. The molecule has 0 unspecified atom stereocenters. The number of fused-ring (bicyclic) bond motifs is 1. The molecule has 1 aromatic carbocycles. The Bertz CT molecular complexity index is 963. The molecule has 3 rings (SSSR count). The van der Waals surface area contributed by atoms with E-state index in [0.29, 0.717) is 10.7 Å². The van der Waals surface area contributed by atoms with Gasteiger partial charge in [0.15, 0.2) is 0 Å². The third-order valence-electron chi connectivity index (χ3n) is 3.90. The van der Waals surface area contributed by atoms with E-state index in [4.69, 9.17) is 40.2 Å². The molecule has 0 fully saturated rings. The minimum absolute atomic E-state index is 0.0286. The summed E-state index contributed by atoms with van der Waals surface area (Å²) in [4.78, 5) is 9.03. The zero-order valence-corrected chi connectivity index (χ0v) is 16.3. The standard InChI is InChI=1S/C17H12Cl2F3N3OS/c1-7-16(27)24-10-5-3-8(17(20,21)22)13(19)12(10)15(23-7)14-9(18)4-6-11(25-14)26-2/h3-7H,1-2H3,(H,24,27)/t7-/m0/s1. The van der Waals surface area contributed by atoms with Gasteiger partial charge in [0.2, 0.25) is 5.88 Å². The van der Waals surface area contributed by atoms with Gasteiger partial charge in [-0.15, -0.1) is 0 Å². The number of aromatic nitrogens is 1. The monoisotopic (exact) mass is 433 g/mol. The van der Waals surface area contributed by atoms with Gasteiger partial charge in [0.05, 0.1) is 34.5 Å². The Balaban J connectivity index is 2.35. The lowest BCUT2D eigenvalue weighted by Gasteiger charge is -2.17. The minimum Gasteiger partial charge on any atom is -0.481 e. The Morgan fingerprint density at radius 3 is 2.52 bits per heavy atom. The number of thiocarbonyl (C=S) groups is 1. The number of alkyl halides is 3. The summed E-state index contributed by atoms with van der Waals surface area (Å²) in [6, 6.07) is 4.68. The molecule has 27 heavy (non-hydrogen) atoms. The Morgan fingerprint density at radius 1 is 1.19 bits per heavy atom. The third-order valence-corrected chi connectivity index (χ3v) is 5.04. The fraction of sp³-hybridized carbons (Fsp3) is 0.235. The topological polar surface area (TPSA) is 46.5 Å². The number of nitrogens with one attached hydrogen (secondary N) is 1. The third kappa shape index (κ3) is 3.74. The summed E-state index contributed by atoms with van der Waals surface area (Å²) in [5.74, 6) is 0.231. The van der Waals surface area contributed by atoms with Gasteiger partial charge in [-0.25, -0.2) is 4.98 Å². The minimum atomic E-state index is -4.64. The number of methoxy groups -OCH3 is 1. The Kier molecular flexibility index (Phi) is 5.33. The molecule has 1 aliphatic rings. The second-order valence-electron chi connectivity index (χ2n) is 5.67. The van der Waals surface area contributed by atoms with E-state index in [0.717, 1.165) is 6.07 Å². The first-order valence-electron chi connectivity index (χ1n) is 7.63. The number of halogens is 5. The molecule has 1 aliphatic heterocycles.